The van der Waals surface area contributed by atoms with Gasteiger partial charge in [-0.1, -0.05) is 12.1 Å². The number of rotatable bonds is 3. The molecule has 2 aromatic heterocycles. The SMILES string of the molecule is Cc1nc2c(cnn2C(C)C)cc1C(=O)N1CCNCC1c1cccc(F)c1.Cl.Cl. The molecule has 1 atom stereocenters. The quantitative estimate of drug-likeness (QED) is 0.648. The molecule has 1 amide bonds. The second-order valence-corrected chi connectivity index (χ2v) is 7.49. The molecular weight excluding hydrogens is 428 g/mol. The van der Waals surface area contributed by atoms with Gasteiger partial charge in [0, 0.05) is 31.1 Å². The van der Waals surface area contributed by atoms with Crippen LogP contribution in [-0.4, -0.2) is 45.2 Å². The minimum absolute atomic E-state index is 0. The number of hydrogen-bond acceptors (Lipinski definition) is 4. The first-order valence-corrected chi connectivity index (χ1v) is 9.57. The highest BCUT2D eigenvalue weighted by Crippen LogP contribution is 2.27. The first kappa shape index (κ1) is 24.1. The van der Waals surface area contributed by atoms with E-state index in [4.69, 9.17) is 0 Å². The van der Waals surface area contributed by atoms with E-state index in [1.807, 2.05) is 42.5 Å². The van der Waals surface area contributed by atoms with Gasteiger partial charge < -0.3 is 10.2 Å². The molecule has 30 heavy (non-hydrogen) atoms. The molecule has 4 rings (SSSR count). The second kappa shape index (κ2) is 9.73. The third kappa shape index (κ3) is 4.43. The van der Waals surface area contributed by atoms with Crippen molar-refractivity contribution in [2.75, 3.05) is 19.6 Å². The van der Waals surface area contributed by atoms with Crippen LogP contribution in [0, 0.1) is 12.7 Å². The minimum Gasteiger partial charge on any atom is -0.329 e. The lowest BCUT2D eigenvalue weighted by Gasteiger charge is -2.36. The van der Waals surface area contributed by atoms with Crippen LogP contribution < -0.4 is 5.32 Å². The Morgan fingerprint density at radius 1 is 1.27 bits per heavy atom. The molecular formula is C21H26Cl2FN5O. The highest BCUT2D eigenvalue weighted by atomic mass is 35.5. The molecule has 1 aromatic carbocycles. The number of carbonyl (C=O) groups is 1. The lowest BCUT2D eigenvalue weighted by atomic mass is 10.0. The van der Waals surface area contributed by atoms with Crippen molar-refractivity contribution in [1.82, 2.24) is 25.0 Å². The van der Waals surface area contributed by atoms with Gasteiger partial charge in [0.05, 0.1) is 23.5 Å². The van der Waals surface area contributed by atoms with Crippen molar-refractivity contribution in [2.45, 2.75) is 32.9 Å². The number of carbonyl (C=O) groups excluding carboxylic acids is 1. The Balaban J connectivity index is 0.00000160. The molecule has 0 bridgehead atoms. The van der Waals surface area contributed by atoms with Crippen LogP contribution in [0.4, 0.5) is 4.39 Å². The summed E-state index contributed by atoms with van der Waals surface area (Å²) in [6.45, 7) is 7.80. The number of benzene rings is 1. The molecule has 1 unspecified atom stereocenters. The molecule has 1 saturated heterocycles. The highest BCUT2D eigenvalue weighted by molar-refractivity contribution is 5.98. The summed E-state index contributed by atoms with van der Waals surface area (Å²) < 4.78 is 15.6. The molecule has 1 aliphatic rings. The van der Waals surface area contributed by atoms with E-state index in [1.165, 1.54) is 12.1 Å². The zero-order valence-corrected chi connectivity index (χ0v) is 18.8. The van der Waals surface area contributed by atoms with Gasteiger partial charge in [0.2, 0.25) is 0 Å². The van der Waals surface area contributed by atoms with E-state index in [2.05, 4.69) is 15.4 Å². The fraction of sp³-hybridized carbons (Fsp3) is 0.381. The number of hydrogen-bond donors (Lipinski definition) is 1. The van der Waals surface area contributed by atoms with Crippen LogP contribution in [0.25, 0.3) is 11.0 Å². The van der Waals surface area contributed by atoms with Crippen molar-refractivity contribution in [3.8, 4) is 0 Å². The Labute approximate surface area is 187 Å². The molecule has 1 aliphatic heterocycles. The van der Waals surface area contributed by atoms with Crippen LogP contribution in [0.3, 0.4) is 0 Å². The number of pyridine rings is 1. The van der Waals surface area contributed by atoms with E-state index in [0.717, 1.165) is 16.6 Å². The molecule has 6 nitrogen and oxygen atoms in total. The lowest BCUT2D eigenvalue weighted by Crippen LogP contribution is -2.48. The van der Waals surface area contributed by atoms with Gasteiger partial charge in [-0.15, -0.1) is 24.8 Å². The Hall–Kier alpha value is -2.22. The van der Waals surface area contributed by atoms with Crippen LogP contribution in [0.2, 0.25) is 0 Å². The van der Waals surface area contributed by atoms with Crippen molar-refractivity contribution in [2.24, 2.45) is 0 Å². The molecule has 0 spiro atoms. The van der Waals surface area contributed by atoms with Gasteiger partial charge in [-0.3, -0.25) is 4.79 Å². The second-order valence-electron chi connectivity index (χ2n) is 7.49. The Bertz CT molecular complexity index is 1040. The minimum atomic E-state index is -0.296. The van der Waals surface area contributed by atoms with E-state index in [1.54, 1.807) is 12.3 Å². The van der Waals surface area contributed by atoms with Gasteiger partial charge in [-0.25, -0.2) is 14.1 Å². The number of nitrogens with zero attached hydrogens (tertiary/aromatic N) is 4. The maximum Gasteiger partial charge on any atom is 0.256 e. The van der Waals surface area contributed by atoms with Crippen LogP contribution >= 0.6 is 24.8 Å². The number of nitrogens with one attached hydrogen (secondary N) is 1. The molecule has 0 radical (unpaired) electrons. The van der Waals surface area contributed by atoms with Gasteiger partial charge in [-0.05, 0) is 44.5 Å². The van der Waals surface area contributed by atoms with Crippen LogP contribution in [0.1, 0.15) is 47.5 Å². The maximum atomic E-state index is 13.7. The summed E-state index contributed by atoms with van der Waals surface area (Å²) in [6.07, 6.45) is 1.75. The summed E-state index contributed by atoms with van der Waals surface area (Å²) in [4.78, 5) is 19.9. The highest BCUT2D eigenvalue weighted by Gasteiger charge is 2.30. The van der Waals surface area contributed by atoms with E-state index in [9.17, 15) is 9.18 Å². The molecule has 3 aromatic rings. The van der Waals surface area contributed by atoms with Crippen molar-refractivity contribution in [3.63, 3.8) is 0 Å². The van der Waals surface area contributed by atoms with E-state index in [-0.39, 0.29) is 48.6 Å². The third-order valence-corrected chi connectivity index (χ3v) is 5.22. The smallest absolute Gasteiger partial charge is 0.256 e. The molecule has 1 N–H and O–H groups in total. The summed E-state index contributed by atoms with van der Waals surface area (Å²) in [5.74, 6) is -0.379. The fourth-order valence-corrected chi connectivity index (χ4v) is 3.77. The zero-order valence-electron chi connectivity index (χ0n) is 17.1. The van der Waals surface area contributed by atoms with Crippen molar-refractivity contribution >= 4 is 41.8 Å². The average Bonchev–Trinajstić information content (AvgIpc) is 3.10. The predicted molar refractivity (Wildman–Crippen MR) is 120 cm³/mol. The summed E-state index contributed by atoms with van der Waals surface area (Å²) >= 11 is 0. The number of fused-ring (bicyclic) bond motifs is 1. The fourth-order valence-electron chi connectivity index (χ4n) is 3.77. The van der Waals surface area contributed by atoms with Crippen molar-refractivity contribution in [3.05, 3.63) is 59.2 Å². The van der Waals surface area contributed by atoms with Gasteiger partial charge in [-0.2, -0.15) is 5.10 Å². The molecule has 3 heterocycles. The number of amides is 1. The Morgan fingerprint density at radius 3 is 2.73 bits per heavy atom. The summed E-state index contributed by atoms with van der Waals surface area (Å²) in [5.41, 5.74) is 2.82. The topological polar surface area (TPSA) is 63.1 Å². The standard InChI is InChI=1S/C21H24FN5O.2ClH/c1-13(2)27-20-16(11-24-27)10-18(14(3)25-20)21(28)26-8-7-23-12-19(26)15-5-4-6-17(22)9-15;;/h4-6,9-11,13,19,23H,7-8,12H2,1-3H3;2*1H. The largest absolute Gasteiger partial charge is 0.329 e. The lowest BCUT2D eigenvalue weighted by molar-refractivity contribution is 0.0633. The molecule has 0 saturated carbocycles. The van der Waals surface area contributed by atoms with Crippen LogP contribution in [0.5, 0.6) is 0 Å². The molecule has 0 aliphatic carbocycles. The van der Waals surface area contributed by atoms with E-state index in [0.29, 0.717) is 30.9 Å². The zero-order chi connectivity index (χ0) is 19.8. The summed E-state index contributed by atoms with van der Waals surface area (Å²) in [6, 6.07) is 8.31. The number of piperazine rings is 1. The predicted octanol–water partition coefficient (Wildman–Crippen LogP) is 4.09. The van der Waals surface area contributed by atoms with Gasteiger partial charge in [0.15, 0.2) is 5.65 Å². The van der Waals surface area contributed by atoms with E-state index < -0.39 is 0 Å². The van der Waals surface area contributed by atoms with Crippen LogP contribution in [0.15, 0.2) is 36.5 Å². The first-order chi connectivity index (χ1) is 13.5. The van der Waals surface area contributed by atoms with Gasteiger partial charge in [0.25, 0.3) is 5.91 Å². The number of aromatic nitrogens is 3. The first-order valence-electron chi connectivity index (χ1n) is 9.57. The van der Waals surface area contributed by atoms with Crippen LogP contribution in [-0.2, 0) is 0 Å². The summed E-state index contributed by atoms with van der Waals surface area (Å²) in [7, 11) is 0. The number of aryl methyl sites for hydroxylation is 1. The Kier molecular flexibility index (Phi) is 7.80. The Morgan fingerprint density at radius 2 is 2.03 bits per heavy atom. The molecule has 9 heteroatoms. The van der Waals surface area contributed by atoms with Gasteiger partial charge >= 0.3 is 0 Å². The molecule has 162 valence electrons. The van der Waals surface area contributed by atoms with Gasteiger partial charge in [0.1, 0.15) is 5.82 Å². The molecule has 1 fully saturated rings. The normalized spacial score (nSPS) is 16.3. The monoisotopic (exact) mass is 453 g/mol. The van der Waals surface area contributed by atoms with Crippen molar-refractivity contribution < 1.29 is 9.18 Å². The van der Waals surface area contributed by atoms with Crippen molar-refractivity contribution in [1.29, 1.82) is 0 Å². The average molecular weight is 454 g/mol. The maximum absolute atomic E-state index is 13.7. The number of halogens is 3. The third-order valence-electron chi connectivity index (χ3n) is 5.22. The summed E-state index contributed by atoms with van der Waals surface area (Å²) in [5, 5.41) is 8.55. The van der Waals surface area contributed by atoms with E-state index >= 15 is 0 Å².